The van der Waals surface area contributed by atoms with Gasteiger partial charge in [0.05, 0.1) is 19.2 Å². The number of nitrogens with zero attached hydrogens (tertiary/aromatic N) is 4. The van der Waals surface area contributed by atoms with Crippen LogP contribution in [0.25, 0.3) is 0 Å². The molecule has 6 nitrogen and oxygen atoms in total. The molecule has 0 radical (unpaired) electrons. The van der Waals surface area contributed by atoms with E-state index >= 15 is 0 Å². The van der Waals surface area contributed by atoms with E-state index in [4.69, 9.17) is 16.3 Å². The zero-order valence-corrected chi connectivity index (χ0v) is 17.2. The van der Waals surface area contributed by atoms with Gasteiger partial charge in [0.15, 0.2) is 0 Å². The number of rotatable bonds is 5. The maximum absolute atomic E-state index is 13.0. The lowest BCUT2D eigenvalue weighted by atomic mass is 9.91. The van der Waals surface area contributed by atoms with Crippen molar-refractivity contribution in [2.24, 2.45) is 0 Å². The van der Waals surface area contributed by atoms with Crippen molar-refractivity contribution in [2.75, 3.05) is 12.0 Å². The van der Waals surface area contributed by atoms with Gasteiger partial charge in [-0.1, -0.05) is 42.8 Å². The fourth-order valence-electron chi connectivity index (χ4n) is 3.89. The summed E-state index contributed by atoms with van der Waals surface area (Å²) in [5, 5.41) is 5.12. The monoisotopic (exact) mass is 410 g/mol. The molecule has 0 saturated carbocycles. The topological polar surface area (TPSA) is 60.2 Å². The lowest BCUT2D eigenvalue weighted by molar-refractivity contribution is -0.119. The lowest BCUT2D eigenvalue weighted by Gasteiger charge is -2.39. The molecule has 0 N–H and O–H groups in total. The van der Waals surface area contributed by atoms with Crippen LogP contribution in [0.1, 0.15) is 49.4 Å². The standard InChI is InChI=1S/C22H23ClN4O2/c1-3-4-21(28)26-19(15-5-9-17(23)10-6-15)13-20(27-22(26)24-14-25-27)16-7-11-18(29-2)12-8-16/h5-12,14,19-20H,3-4,13H2,1-2H3/t19-,20+/m0/s1. The normalized spacial score (nSPS) is 18.4. The molecule has 1 aliphatic heterocycles. The van der Waals surface area contributed by atoms with Crippen LogP contribution in [0.15, 0.2) is 54.9 Å². The first-order valence-electron chi connectivity index (χ1n) is 9.73. The molecule has 2 heterocycles. The van der Waals surface area contributed by atoms with Crippen LogP contribution in [0.3, 0.4) is 0 Å². The summed E-state index contributed by atoms with van der Waals surface area (Å²) in [6.07, 6.45) is 3.45. The molecule has 0 aliphatic carbocycles. The summed E-state index contributed by atoms with van der Waals surface area (Å²) in [5.74, 6) is 1.43. The molecule has 0 bridgehead atoms. The highest BCUT2D eigenvalue weighted by molar-refractivity contribution is 6.30. The predicted octanol–water partition coefficient (Wildman–Crippen LogP) is 4.81. The van der Waals surface area contributed by atoms with Crippen LogP contribution in [0.5, 0.6) is 5.75 Å². The molecule has 2 aromatic carbocycles. The summed E-state index contributed by atoms with van der Waals surface area (Å²) in [7, 11) is 1.65. The second-order valence-corrected chi connectivity index (χ2v) is 7.55. The third kappa shape index (κ3) is 3.72. The maximum Gasteiger partial charge on any atom is 0.231 e. The van der Waals surface area contributed by atoms with Crippen molar-refractivity contribution in [3.05, 3.63) is 71.0 Å². The minimum atomic E-state index is -0.143. The number of carbonyl (C=O) groups is 1. The zero-order chi connectivity index (χ0) is 20.4. The molecule has 1 aliphatic rings. The van der Waals surface area contributed by atoms with E-state index in [0.29, 0.717) is 23.8 Å². The Bertz CT molecular complexity index is 985. The van der Waals surface area contributed by atoms with E-state index in [1.54, 1.807) is 12.0 Å². The summed E-state index contributed by atoms with van der Waals surface area (Å²) in [5.41, 5.74) is 2.13. The average molecular weight is 411 g/mol. The number of fused-ring (bicyclic) bond motifs is 1. The summed E-state index contributed by atoms with van der Waals surface area (Å²) >= 11 is 6.10. The maximum atomic E-state index is 13.0. The van der Waals surface area contributed by atoms with E-state index < -0.39 is 0 Å². The fraction of sp³-hybridized carbons (Fsp3) is 0.318. The fourth-order valence-corrected chi connectivity index (χ4v) is 4.01. The largest absolute Gasteiger partial charge is 0.497 e. The molecule has 150 valence electrons. The Balaban J connectivity index is 1.79. The number of benzene rings is 2. The summed E-state index contributed by atoms with van der Waals surface area (Å²) in [6.45, 7) is 2.00. The third-order valence-corrected chi connectivity index (χ3v) is 5.56. The van der Waals surface area contributed by atoms with Crippen LogP contribution < -0.4 is 9.64 Å². The Labute approximate surface area is 175 Å². The predicted molar refractivity (Wildman–Crippen MR) is 112 cm³/mol. The Morgan fingerprint density at radius 3 is 2.41 bits per heavy atom. The van der Waals surface area contributed by atoms with E-state index in [-0.39, 0.29) is 18.0 Å². The molecule has 1 amide bonds. The van der Waals surface area contributed by atoms with Gasteiger partial charge in [-0.2, -0.15) is 10.1 Å². The molecular weight excluding hydrogens is 388 g/mol. The molecule has 0 unspecified atom stereocenters. The zero-order valence-electron chi connectivity index (χ0n) is 16.5. The average Bonchev–Trinajstić information content (AvgIpc) is 3.23. The van der Waals surface area contributed by atoms with E-state index in [9.17, 15) is 4.79 Å². The summed E-state index contributed by atoms with van der Waals surface area (Å²) in [6, 6.07) is 15.5. The molecule has 0 fully saturated rings. The van der Waals surface area contributed by atoms with Gasteiger partial charge in [-0.3, -0.25) is 9.69 Å². The number of aromatic nitrogens is 3. The van der Waals surface area contributed by atoms with Crippen LogP contribution in [0.2, 0.25) is 5.02 Å². The van der Waals surface area contributed by atoms with Gasteiger partial charge in [-0.25, -0.2) is 4.68 Å². The smallest absolute Gasteiger partial charge is 0.231 e. The molecule has 1 aromatic heterocycles. The Kier molecular flexibility index (Phi) is 5.53. The first-order valence-corrected chi connectivity index (χ1v) is 10.1. The van der Waals surface area contributed by atoms with Crippen molar-refractivity contribution in [2.45, 2.75) is 38.3 Å². The van der Waals surface area contributed by atoms with Gasteiger partial charge in [-0.15, -0.1) is 0 Å². The lowest BCUT2D eigenvalue weighted by Crippen LogP contribution is -2.42. The van der Waals surface area contributed by atoms with Gasteiger partial charge in [0.1, 0.15) is 12.1 Å². The van der Waals surface area contributed by atoms with Crippen LogP contribution in [-0.2, 0) is 4.79 Å². The van der Waals surface area contributed by atoms with E-state index in [2.05, 4.69) is 10.1 Å². The van der Waals surface area contributed by atoms with Crippen LogP contribution in [0, 0.1) is 0 Å². The quantitative estimate of drug-likeness (QED) is 0.605. The minimum absolute atomic E-state index is 0.0373. The molecule has 2 atom stereocenters. The van der Waals surface area contributed by atoms with Crippen LogP contribution >= 0.6 is 11.6 Å². The second kappa shape index (κ2) is 8.25. The summed E-state index contributed by atoms with van der Waals surface area (Å²) in [4.78, 5) is 19.3. The van der Waals surface area contributed by atoms with Crippen molar-refractivity contribution < 1.29 is 9.53 Å². The molecular formula is C22H23ClN4O2. The highest BCUT2D eigenvalue weighted by Gasteiger charge is 2.38. The first-order chi connectivity index (χ1) is 14.1. The Morgan fingerprint density at radius 2 is 1.76 bits per heavy atom. The van der Waals surface area contributed by atoms with E-state index in [1.165, 1.54) is 6.33 Å². The van der Waals surface area contributed by atoms with Crippen molar-refractivity contribution in [3.8, 4) is 5.75 Å². The van der Waals surface area contributed by atoms with Gasteiger partial charge in [0.2, 0.25) is 11.9 Å². The summed E-state index contributed by atoms with van der Waals surface area (Å²) < 4.78 is 7.14. The van der Waals surface area contributed by atoms with Crippen LogP contribution in [-0.4, -0.2) is 27.8 Å². The number of carbonyl (C=O) groups excluding carboxylic acids is 1. The number of ether oxygens (including phenoxy) is 1. The number of hydrogen-bond acceptors (Lipinski definition) is 4. The van der Waals surface area contributed by atoms with Gasteiger partial charge in [0, 0.05) is 11.4 Å². The number of hydrogen-bond donors (Lipinski definition) is 0. The highest BCUT2D eigenvalue weighted by atomic mass is 35.5. The van der Waals surface area contributed by atoms with Crippen molar-refractivity contribution in [3.63, 3.8) is 0 Å². The number of anilines is 1. The Morgan fingerprint density at radius 1 is 1.10 bits per heavy atom. The highest BCUT2D eigenvalue weighted by Crippen LogP contribution is 2.42. The van der Waals surface area contributed by atoms with Crippen molar-refractivity contribution >= 4 is 23.5 Å². The molecule has 7 heteroatoms. The SMILES string of the molecule is CCCC(=O)N1c2ncnn2[C@@H](c2ccc(OC)cc2)C[C@H]1c1ccc(Cl)cc1. The van der Waals surface area contributed by atoms with Gasteiger partial charge in [0.25, 0.3) is 0 Å². The number of amides is 1. The number of halogens is 1. The second-order valence-electron chi connectivity index (χ2n) is 7.11. The Hall–Kier alpha value is -2.86. The van der Waals surface area contributed by atoms with E-state index in [1.807, 2.05) is 60.1 Å². The molecule has 0 spiro atoms. The van der Waals surface area contributed by atoms with Crippen molar-refractivity contribution in [1.29, 1.82) is 0 Å². The van der Waals surface area contributed by atoms with Crippen LogP contribution in [0.4, 0.5) is 5.95 Å². The third-order valence-electron chi connectivity index (χ3n) is 5.31. The molecule has 29 heavy (non-hydrogen) atoms. The minimum Gasteiger partial charge on any atom is -0.497 e. The molecule has 4 rings (SSSR count). The molecule has 3 aromatic rings. The van der Waals surface area contributed by atoms with Crippen molar-refractivity contribution in [1.82, 2.24) is 14.8 Å². The van der Waals surface area contributed by atoms with Gasteiger partial charge >= 0.3 is 0 Å². The molecule has 0 saturated heterocycles. The number of methoxy groups -OCH3 is 1. The van der Waals surface area contributed by atoms with Gasteiger partial charge in [-0.05, 0) is 48.2 Å². The van der Waals surface area contributed by atoms with Gasteiger partial charge < -0.3 is 4.74 Å². The van der Waals surface area contributed by atoms with E-state index in [0.717, 1.165) is 23.3 Å². The first kappa shape index (κ1) is 19.5.